The summed E-state index contributed by atoms with van der Waals surface area (Å²) >= 11 is 1.25. The molecule has 2 atom stereocenters. The van der Waals surface area contributed by atoms with Crippen LogP contribution in [-0.2, 0) is 21.2 Å². The fourth-order valence-corrected chi connectivity index (χ4v) is 5.67. The number of thiophene rings is 1. The van der Waals surface area contributed by atoms with Crippen LogP contribution < -0.4 is 0 Å². The van der Waals surface area contributed by atoms with E-state index < -0.39 is 10.0 Å². The summed E-state index contributed by atoms with van der Waals surface area (Å²) in [6, 6.07) is 7.05. The highest BCUT2D eigenvalue weighted by Gasteiger charge is 2.42. The van der Waals surface area contributed by atoms with Crippen molar-refractivity contribution in [2.45, 2.75) is 29.2 Å². The zero-order valence-corrected chi connectivity index (χ0v) is 13.9. The fourth-order valence-electron chi connectivity index (χ4n) is 2.89. The topological polar surface area (TPSA) is 59.5 Å². The molecule has 0 aliphatic carbocycles. The van der Waals surface area contributed by atoms with E-state index in [9.17, 15) is 8.42 Å². The van der Waals surface area contributed by atoms with E-state index in [1.54, 1.807) is 41.3 Å². The minimum absolute atomic E-state index is 0.0880. The minimum Gasteiger partial charge on any atom is -0.380 e. The Labute approximate surface area is 134 Å². The monoisotopic (exact) mass is 338 g/mol. The van der Waals surface area contributed by atoms with Gasteiger partial charge in [-0.3, -0.25) is 4.98 Å². The lowest BCUT2D eigenvalue weighted by atomic mass is 10.0. The lowest BCUT2D eigenvalue weighted by molar-refractivity contribution is 0.0810. The van der Waals surface area contributed by atoms with Gasteiger partial charge in [-0.05, 0) is 35.9 Å². The average Bonchev–Trinajstić information content (AvgIpc) is 3.18. The Morgan fingerprint density at radius 3 is 2.91 bits per heavy atom. The first-order valence-electron chi connectivity index (χ1n) is 7.10. The van der Waals surface area contributed by atoms with Crippen molar-refractivity contribution in [3.05, 3.63) is 47.6 Å². The van der Waals surface area contributed by atoms with Crippen LogP contribution in [0.3, 0.4) is 0 Å². The van der Waals surface area contributed by atoms with E-state index in [0.29, 0.717) is 23.6 Å². The highest BCUT2D eigenvalue weighted by molar-refractivity contribution is 7.91. The molecule has 22 heavy (non-hydrogen) atoms. The zero-order valence-electron chi connectivity index (χ0n) is 12.3. The van der Waals surface area contributed by atoms with Crippen LogP contribution in [0.2, 0.25) is 0 Å². The second kappa shape index (κ2) is 6.45. The Bertz CT molecular complexity index is 702. The zero-order chi connectivity index (χ0) is 15.6. The molecule has 2 aromatic heterocycles. The number of nitrogens with zero attached hydrogens (tertiary/aromatic N) is 2. The molecular formula is C15H18N2O3S2. The molecule has 2 aromatic rings. The largest absolute Gasteiger partial charge is 0.380 e. The standard InChI is InChI=1S/C15H18N2O3S2/c1-20-14-6-8-17(22(18,19)15-5-3-9-21-15)13(14)10-12-4-2-7-16-11-12/h2-5,7,9,11,13-14H,6,8,10H2,1H3/t13-,14+/m0/s1. The van der Waals surface area contributed by atoms with Crippen molar-refractivity contribution >= 4 is 21.4 Å². The van der Waals surface area contributed by atoms with Gasteiger partial charge in [0.1, 0.15) is 4.21 Å². The Morgan fingerprint density at radius 1 is 1.41 bits per heavy atom. The summed E-state index contributed by atoms with van der Waals surface area (Å²) in [5, 5.41) is 1.78. The fraction of sp³-hybridized carbons (Fsp3) is 0.400. The van der Waals surface area contributed by atoms with Gasteiger partial charge in [0, 0.05) is 26.0 Å². The summed E-state index contributed by atoms with van der Waals surface area (Å²) in [5.74, 6) is 0. The molecule has 1 saturated heterocycles. The number of hydrogen-bond acceptors (Lipinski definition) is 5. The molecule has 0 unspecified atom stereocenters. The van der Waals surface area contributed by atoms with Gasteiger partial charge >= 0.3 is 0 Å². The maximum absolute atomic E-state index is 12.8. The number of sulfonamides is 1. The third kappa shape index (κ3) is 2.94. The maximum atomic E-state index is 12.8. The molecule has 1 aliphatic heterocycles. The van der Waals surface area contributed by atoms with E-state index in [1.807, 2.05) is 12.1 Å². The smallest absolute Gasteiger partial charge is 0.252 e. The van der Waals surface area contributed by atoms with Gasteiger partial charge in [0.15, 0.2) is 0 Å². The van der Waals surface area contributed by atoms with E-state index in [0.717, 1.165) is 5.56 Å². The van der Waals surface area contributed by atoms with E-state index in [4.69, 9.17) is 4.74 Å². The molecule has 0 radical (unpaired) electrons. The van der Waals surface area contributed by atoms with Crippen LogP contribution in [0.15, 0.2) is 46.2 Å². The second-order valence-corrected chi connectivity index (χ2v) is 8.31. The quantitative estimate of drug-likeness (QED) is 0.838. The Hall–Kier alpha value is -1.28. The van der Waals surface area contributed by atoms with Gasteiger partial charge in [-0.25, -0.2) is 8.42 Å². The number of aromatic nitrogens is 1. The summed E-state index contributed by atoms with van der Waals surface area (Å²) in [5.41, 5.74) is 1.02. The molecule has 0 aromatic carbocycles. The van der Waals surface area contributed by atoms with Gasteiger partial charge in [0.05, 0.1) is 12.1 Å². The molecule has 0 spiro atoms. The molecule has 0 amide bonds. The van der Waals surface area contributed by atoms with Gasteiger partial charge in [0.2, 0.25) is 0 Å². The third-order valence-corrected chi connectivity index (χ3v) is 7.26. The van der Waals surface area contributed by atoms with Crippen LogP contribution in [0.1, 0.15) is 12.0 Å². The van der Waals surface area contributed by atoms with E-state index in [2.05, 4.69) is 4.98 Å². The Morgan fingerprint density at radius 2 is 2.27 bits per heavy atom. The minimum atomic E-state index is -3.46. The first-order valence-corrected chi connectivity index (χ1v) is 9.42. The van der Waals surface area contributed by atoms with Crippen LogP contribution in [0, 0.1) is 0 Å². The summed E-state index contributed by atoms with van der Waals surface area (Å²) in [6.07, 6.45) is 4.73. The van der Waals surface area contributed by atoms with Crippen molar-refractivity contribution in [3.8, 4) is 0 Å². The molecule has 5 nitrogen and oxygen atoms in total. The van der Waals surface area contributed by atoms with Crippen LogP contribution in [0.5, 0.6) is 0 Å². The van der Waals surface area contributed by atoms with Crippen molar-refractivity contribution < 1.29 is 13.2 Å². The van der Waals surface area contributed by atoms with Crippen molar-refractivity contribution in [1.29, 1.82) is 0 Å². The van der Waals surface area contributed by atoms with Crippen molar-refractivity contribution in [2.75, 3.05) is 13.7 Å². The number of pyridine rings is 1. The Kier molecular flexibility index (Phi) is 4.58. The van der Waals surface area contributed by atoms with Gasteiger partial charge in [0.25, 0.3) is 10.0 Å². The van der Waals surface area contributed by atoms with E-state index in [1.165, 1.54) is 11.3 Å². The second-order valence-electron chi connectivity index (χ2n) is 5.24. The first kappa shape index (κ1) is 15.6. The number of hydrogen-bond donors (Lipinski definition) is 0. The molecule has 0 saturated carbocycles. The molecule has 3 heterocycles. The van der Waals surface area contributed by atoms with Gasteiger partial charge in [-0.15, -0.1) is 11.3 Å². The molecular weight excluding hydrogens is 320 g/mol. The summed E-state index contributed by atoms with van der Waals surface area (Å²) < 4.78 is 33.1. The van der Waals surface area contributed by atoms with Crippen LogP contribution in [-0.4, -0.2) is 43.5 Å². The highest BCUT2D eigenvalue weighted by atomic mass is 32.2. The average molecular weight is 338 g/mol. The molecule has 7 heteroatoms. The SMILES string of the molecule is CO[C@@H]1CCN(S(=O)(=O)c2cccs2)[C@H]1Cc1cccnc1. The predicted octanol–water partition coefficient (Wildman–Crippen LogP) is 2.16. The van der Waals surface area contributed by atoms with Gasteiger partial charge in [-0.1, -0.05) is 12.1 Å². The first-order chi connectivity index (χ1) is 10.6. The van der Waals surface area contributed by atoms with Crippen molar-refractivity contribution in [2.24, 2.45) is 0 Å². The summed E-state index contributed by atoms with van der Waals surface area (Å²) in [7, 11) is -1.82. The van der Waals surface area contributed by atoms with Crippen LogP contribution in [0.4, 0.5) is 0 Å². The van der Waals surface area contributed by atoms with E-state index >= 15 is 0 Å². The molecule has 0 bridgehead atoms. The van der Waals surface area contributed by atoms with Gasteiger partial charge in [-0.2, -0.15) is 4.31 Å². The number of rotatable bonds is 5. The highest BCUT2D eigenvalue weighted by Crippen LogP contribution is 2.31. The van der Waals surface area contributed by atoms with Crippen molar-refractivity contribution in [3.63, 3.8) is 0 Å². The molecule has 0 N–H and O–H groups in total. The lowest BCUT2D eigenvalue weighted by Gasteiger charge is -2.26. The summed E-state index contributed by atoms with van der Waals surface area (Å²) in [4.78, 5) is 4.11. The van der Waals surface area contributed by atoms with Crippen LogP contribution in [0.25, 0.3) is 0 Å². The number of ether oxygens (including phenoxy) is 1. The molecule has 118 valence electrons. The molecule has 1 fully saturated rings. The van der Waals surface area contributed by atoms with Gasteiger partial charge < -0.3 is 4.74 Å². The third-order valence-electron chi connectivity index (χ3n) is 3.96. The molecule has 1 aliphatic rings. The summed E-state index contributed by atoms with van der Waals surface area (Å²) in [6.45, 7) is 0.490. The normalized spacial score (nSPS) is 23.0. The van der Waals surface area contributed by atoms with E-state index in [-0.39, 0.29) is 12.1 Å². The van der Waals surface area contributed by atoms with Crippen molar-refractivity contribution in [1.82, 2.24) is 9.29 Å². The van der Waals surface area contributed by atoms with Crippen LogP contribution >= 0.6 is 11.3 Å². The maximum Gasteiger partial charge on any atom is 0.252 e. The lowest BCUT2D eigenvalue weighted by Crippen LogP contribution is -2.41. The predicted molar refractivity (Wildman–Crippen MR) is 85.4 cm³/mol. The molecule has 3 rings (SSSR count). The Balaban J connectivity index is 1.90. The number of methoxy groups -OCH3 is 1.